The number of rotatable bonds is 9. The van der Waals surface area contributed by atoms with Crippen molar-refractivity contribution in [3.63, 3.8) is 0 Å². The van der Waals surface area contributed by atoms with E-state index in [1.807, 2.05) is 0 Å². The highest BCUT2D eigenvalue weighted by atomic mass is 16.6. The molecule has 0 amide bonds. The van der Waals surface area contributed by atoms with E-state index in [2.05, 4.69) is 10.0 Å². The Balaban J connectivity index is 2.72. The van der Waals surface area contributed by atoms with Gasteiger partial charge in [0, 0.05) is 4.91 Å². The van der Waals surface area contributed by atoms with Crippen LogP contribution in [-0.2, 0) is 14.3 Å². The van der Waals surface area contributed by atoms with E-state index >= 15 is 0 Å². The lowest BCUT2D eigenvalue weighted by atomic mass is 10.2. The van der Waals surface area contributed by atoms with Gasteiger partial charge in [0.1, 0.15) is 5.75 Å². The molecular formula is C15H19N3O4. The summed E-state index contributed by atoms with van der Waals surface area (Å²) < 4.78 is 15.6. The molecule has 1 aromatic carbocycles. The zero-order chi connectivity index (χ0) is 16.2. The molecule has 0 saturated carbocycles. The quantitative estimate of drug-likeness (QED) is 0.133. The molecule has 1 aromatic rings. The number of benzene rings is 1. The molecule has 0 aliphatic heterocycles. The summed E-state index contributed by atoms with van der Waals surface area (Å²) >= 11 is 0. The van der Waals surface area contributed by atoms with E-state index in [0.717, 1.165) is 5.56 Å². The van der Waals surface area contributed by atoms with Crippen LogP contribution in [-0.4, -0.2) is 32.3 Å². The van der Waals surface area contributed by atoms with Crippen molar-refractivity contribution >= 4 is 12.0 Å². The van der Waals surface area contributed by atoms with Crippen LogP contribution in [0, 0.1) is 0 Å². The molecule has 22 heavy (non-hydrogen) atoms. The third-order valence-electron chi connectivity index (χ3n) is 2.48. The monoisotopic (exact) mass is 305 g/mol. The molecule has 0 fully saturated rings. The first-order valence-corrected chi connectivity index (χ1v) is 6.96. The molecule has 0 aromatic heterocycles. The van der Waals surface area contributed by atoms with Crippen molar-refractivity contribution in [2.24, 2.45) is 5.11 Å². The standard InChI is InChI=1S/C15H19N3O4/c1-3-20-14(15(19)21-4-2)11-12-5-7-13(8-6-12)22-10-9-17-18-16/h5-8,11H,3-4,9-10H2,1-2H3. The van der Waals surface area contributed by atoms with Crippen molar-refractivity contribution in [3.8, 4) is 5.75 Å². The number of hydrogen-bond donors (Lipinski definition) is 0. The molecule has 0 heterocycles. The van der Waals surface area contributed by atoms with Gasteiger partial charge in [0.2, 0.25) is 5.76 Å². The van der Waals surface area contributed by atoms with E-state index in [9.17, 15) is 4.79 Å². The molecular weight excluding hydrogens is 286 g/mol. The number of carbonyl (C=O) groups excluding carboxylic acids is 1. The summed E-state index contributed by atoms with van der Waals surface area (Å²) in [6.07, 6.45) is 1.62. The van der Waals surface area contributed by atoms with Gasteiger partial charge in [0.15, 0.2) is 0 Å². The Hall–Kier alpha value is -2.66. The fourth-order valence-electron chi connectivity index (χ4n) is 1.58. The maximum atomic E-state index is 11.7. The van der Waals surface area contributed by atoms with Crippen molar-refractivity contribution < 1.29 is 19.0 Å². The smallest absolute Gasteiger partial charge is 0.373 e. The number of esters is 1. The van der Waals surface area contributed by atoms with Crippen LogP contribution < -0.4 is 4.74 Å². The van der Waals surface area contributed by atoms with E-state index in [0.29, 0.717) is 25.6 Å². The molecule has 0 N–H and O–H groups in total. The summed E-state index contributed by atoms with van der Waals surface area (Å²) in [5.74, 6) is 0.333. The fourth-order valence-corrected chi connectivity index (χ4v) is 1.58. The van der Waals surface area contributed by atoms with E-state index in [4.69, 9.17) is 19.7 Å². The SMILES string of the molecule is CCOC(=O)C(=Cc1ccc(OCCN=[N+]=[N-])cc1)OCC. The van der Waals surface area contributed by atoms with E-state index in [1.165, 1.54) is 0 Å². The minimum atomic E-state index is -0.487. The summed E-state index contributed by atoms with van der Waals surface area (Å²) in [7, 11) is 0. The Labute approximate surface area is 129 Å². The maximum Gasteiger partial charge on any atom is 0.373 e. The van der Waals surface area contributed by atoms with Crippen molar-refractivity contribution in [1.29, 1.82) is 0 Å². The van der Waals surface area contributed by atoms with Gasteiger partial charge in [-0.15, -0.1) is 0 Å². The number of nitrogens with zero attached hydrogens (tertiary/aromatic N) is 3. The van der Waals surface area contributed by atoms with E-state index < -0.39 is 5.97 Å². The lowest BCUT2D eigenvalue weighted by Crippen LogP contribution is -2.10. The van der Waals surface area contributed by atoms with Crippen LogP contribution in [0.4, 0.5) is 0 Å². The second-order valence-electron chi connectivity index (χ2n) is 4.03. The molecule has 0 atom stereocenters. The molecule has 0 unspecified atom stereocenters. The predicted octanol–water partition coefficient (Wildman–Crippen LogP) is 3.32. The van der Waals surface area contributed by atoms with Crippen LogP contribution in [0.1, 0.15) is 19.4 Å². The molecule has 0 aliphatic rings. The number of ether oxygens (including phenoxy) is 3. The lowest BCUT2D eigenvalue weighted by Gasteiger charge is -2.08. The highest BCUT2D eigenvalue weighted by Crippen LogP contribution is 2.15. The molecule has 0 radical (unpaired) electrons. The first kappa shape index (κ1) is 17.4. The molecule has 0 saturated heterocycles. The first-order valence-electron chi connectivity index (χ1n) is 6.96. The van der Waals surface area contributed by atoms with Gasteiger partial charge in [0.05, 0.1) is 26.4 Å². The van der Waals surface area contributed by atoms with Crippen LogP contribution in [0.25, 0.3) is 16.5 Å². The van der Waals surface area contributed by atoms with Gasteiger partial charge in [-0.1, -0.05) is 17.2 Å². The van der Waals surface area contributed by atoms with E-state index in [1.54, 1.807) is 44.2 Å². The van der Waals surface area contributed by atoms with Crippen LogP contribution in [0.5, 0.6) is 5.75 Å². The molecule has 7 heteroatoms. The number of azide groups is 1. The van der Waals surface area contributed by atoms with Gasteiger partial charge in [-0.3, -0.25) is 0 Å². The molecule has 0 aliphatic carbocycles. The van der Waals surface area contributed by atoms with Gasteiger partial charge in [-0.05, 0) is 43.2 Å². The molecule has 0 spiro atoms. The third-order valence-corrected chi connectivity index (χ3v) is 2.48. The summed E-state index contributed by atoms with van der Waals surface area (Å²) in [6, 6.07) is 7.11. The molecule has 118 valence electrons. The average Bonchev–Trinajstić information content (AvgIpc) is 2.53. The number of hydrogen-bond acceptors (Lipinski definition) is 5. The Morgan fingerprint density at radius 3 is 2.50 bits per heavy atom. The zero-order valence-corrected chi connectivity index (χ0v) is 12.7. The zero-order valence-electron chi connectivity index (χ0n) is 12.7. The first-order chi connectivity index (χ1) is 10.7. The third kappa shape index (κ3) is 6.19. The number of carbonyl (C=O) groups is 1. The van der Waals surface area contributed by atoms with Gasteiger partial charge >= 0.3 is 5.97 Å². The average molecular weight is 305 g/mol. The van der Waals surface area contributed by atoms with E-state index in [-0.39, 0.29) is 12.3 Å². The van der Waals surface area contributed by atoms with Crippen LogP contribution in [0.2, 0.25) is 0 Å². The molecule has 0 bridgehead atoms. The molecule has 7 nitrogen and oxygen atoms in total. The van der Waals surface area contributed by atoms with Crippen molar-refractivity contribution in [2.75, 3.05) is 26.4 Å². The summed E-state index contributed by atoms with van der Waals surface area (Å²) in [6.45, 7) is 4.80. The largest absolute Gasteiger partial charge is 0.493 e. The van der Waals surface area contributed by atoms with Crippen LogP contribution in [0.3, 0.4) is 0 Å². The Kier molecular flexibility index (Phi) is 8.00. The molecule has 1 rings (SSSR count). The second kappa shape index (κ2) is 10.1. The van der Waals surface area contributed by atoms with Crippen molar-refractivity contribution in [3.05, 3.63) is 46.0 Å². The highest BCUT2D eigenvalue weighted by Gasteiger charge is 2.11. The summed E-state index contributed by atoms with van der Waals surface area (Å²) in [4.78, 5) is 14.4. The Bertz CT molecular complexity index is 548. The van der Waals surface area contributed by atoms with Gasteiger partial charge in [-0.25, -0.2) is 4.79 Å². The predicted molar refractivity (Wildman–Crippen MR) is 82.2 cm³/mol. The highest BCUT2D eigenvalue weighted by molar-refractivity contribution is 5.91. The summed E-state index contributed by atoms with van der Waals surface area (Å²) in [5.41, 5.74) is 8.95. The Morgan fingerprint density at radius 1 is 1.23 bits per heavy atom. The second-order valence-corrected chi connectivity index (χ2v) is 4.03. The maximum absolute atomic E-state index is 11.7. The fraction of sp³-hybridized carbons (Fsp3) is 0.400. The van der Waals surface area contributed by atoms with Gasteiger partial charge in [0.25, 0.3) is 0 Å². The van der Waals surface area contributed by atoms with Crippen LogP contribution >= 0.6 is 0 Å². The van der Waals surface area contributed by atoms with Crippen LogP contribution in [0.15, 0.2) is 35.1 Å². The normalized spacial score (nSPS) is 10.5. The lowest BCUT2D eigenvalue weighted by molar-refractivity contribution is -0.142. The minimum Gasteiger partial charge on any atom is -0.493 e. The van der Waals surface area contributed by atoms with Crippen molar-refractivity contribution in [1.82, 2.24) is 0 Å². The van der Waals surface area contributed by atoms with Gasteiger partial charge < -0.3 is 14.2 Å². The summed E-state index contributed by atoms with van der Waals surface area (Å²) in [5, 5.41) is 3.38. The van der Waals surface area contributed by atoms with Crippen molar-refractivity contribution in [2.45, 2.75) is 13.8 Å². The topological polar surface area (TPSA) is 93.5 Å². The Morgan fingerprint density at radius 2 is 1.91 bits per heavy atom. The van der Waals surface area contributed by atoms with Gasteiger partial charge in [-0.2, -0.15) is 0 Å². The minimum absolute atomic E-state index is 0.168.